The molecule has 0 spiro atoms. The first-order chi connectivity index (χ1) is 10.1. The van der Waals surface area contributed by atoms with Crippen LogP contribution in [-0.2, 0) is 24.5 Å². The number of nitrogens with zero attached hydrogens (tertiary/aromatic N) is 1. The molecule has 1 atom stereocenters. The molecule has 0 radical (unpaired) electrons. The Balaban J connectivity index is 2.08. The fourth-order valence-corrected chi connectivity index (χ4v) is 3.87. The molecule has 0 saturated carbocycles. The molecule has 3 rings (SSSR count). The van der Waals surface area contributed by atoms with Crippen LogP contribution in [-0.4, -0.2) is 11.1 Å². The summed E-state index contributed by atoms with van der Waals surface area (Å²) in [5.41, 5.74) is 5.06. The van der Waals surface area contributed by atoms with Gasteiger partial charge in [0.25, 0.3) is 0 Å². The van der Waals surface area contributed by atoms with Crippen LogP contribution >= 0.6 is 0 Å². The van der Waals surface area contributed by atoms with Gasteiger partial charge in [0, 0.05) is 0 Å². The lowest BCUT2D eigenvalue weighted by molar-refractivity contribution is 0.573. The normalized spacial score (nSPS) is 21.5. The second-order valence-electron chi connectivity index (χ2n) is 5.04. The number of hydrogen-bond acceptors (Lipinski definition) is 3. The van der Waals surface area contributed by atoms with Crippen LogP contribution in [0.4, 0.5) is 10.1 Å². The van der Waals surface area contributed by atoms with E-state index in [4.69, 9.17) is 0 Å². The third-order valence-corrected chi connectivity index (χ3v) is 4.97. The highest BCUT2D eigenvalue weighted by Crippen LogP contribution is 2.38. The van der Waals surface area contributed by atoms with Crippen molar-refractivity contribution in [2.24, 2.45) is 0 Å². The van der Waals surface area contributed by atoms with Crippen molar-refractivity contribution in [3.05, 3.63) is 59.5 Å². The molecular formula is C16H17FN2OS. The summed E-state index contributed by atoms with van der Waals surface area (Å²) in [6.07, 6.45) is 5.44. The fourth-order valence-electron chi connectivity index (χ4n) is 2.78. The third-order valence-electron chi connectivity index (χ3n) is 3.81. The molecule has 1 N–H and O–H groups in total. The first-order valence-corrected chi connectivity index (χ1v) is 7.99. The minimum Gasteiger partial charge on any atom is -0.573 e. The number of rotatable bonds is 3. The Morgan fingerprint density at radius 3 is 2.95 bits per heavy atom. The Hall–Kier alpha value is -1.56. The third kappa shape index (κ3) is 2.52. The van der Waals surface area contributed by atoms with Crippen LogP contribution in [0.25, 0.3) is 5.57 Å². The van der Waals surface area contributed by atoms with Gasteiger partial charge in [-0.05, 0) is 53.8 Å². The lowest BCUT2D eigenvalue weighted by atomic mass is 9.97. The number of nitrogens with one attached hydrogen (secondary N) is 1. The van der Waals surface area contributed by atoms with Crippen molar-refractivity contribution in [3.63, 3.8) is 0 Å². The monoisotopic (exact) mass is 304 g/mol. The highest BCUT2D eigenvalue weighted by molar-refractivity contribution is 7.91. The predicted molar refractivity (Wildman–Crippen MR) is 85.5 cm³/mol. The lowest BCUT2D eigenvalue weighted by Gasteiger charge is -2.28. The van der Waals surface area contributed by atoms with Gasteiger partial charge in [-0.3, -0.25) is 0 Å². The molecule has 2 heterocycles. The summed E-state index contributed by atoms with van der Waals surface area (Å²) < 4.78 is 30.3. The molecule has 1 aromatic carbocycles. The van der Waals surface area contributed by atoms with E-state index in [1.54, 1.807) is 13.0 Å². The Kier molecular flexibility index (Phi) is 3.89. The Bertz CT molecular complexity index is 654. The molecule has 0 saturated heterocycles. The summed E-state index contributed by atoms with van der Waals surface area (Å²) in [4.78, 5) is 0. The van der Waals surface area contributed by atoms with Gasteiger partial charge in [0.05, 0.1) is 18.8 Å². The topological polar surface area (TPSA) is 38.3 Å². The summed E-state index contributed by atoms with van der Waals surface area (Å²) in [5.74, 6) is -0.278. The van der Waals surface area contributed by atoms with Crippen molar-refractivity contribution in [2.45, 2.75) is 19.9 Å². The zero-order chi connectivity index (χ0) is 15.0. The predicted octanol–water partition coefficient (Wildman–Crippen LogP) is 3.17. The van der Waals surface area contributed by atoms with E-state index >= 15 is 0 Å². The number of halogens is 1. The van der Waals surface area contributed by atoms with Crippen molar-refractivity contribution in [3.8, 4) is 0 Å². The van der Waals surface area contributed by atoms with E-state index in [1.807, 2.05) is 10.4 Å². The van der Waals surface area contributed by atoms with Crippen LogP contribution in [0.1, 0.15) is 23.6 Å². The maximum absolute atomic E-state index is 13.5. The second kappa shape index (κ2) is 5.67. The molecule has 21 heavy (non-hydrogen) atoms. The highest BCUT2D eigenvalue weighted by atomic mass is 32.2. The van der Waals surface area contributed by atoms with Crippen LogP contribution in [0.2, 0.25) is 0 Å². The Morgan fingerprint density at radius 1 is 1.48 bits per heavy atom. The van der Waals surface area contributed by atoms with Gasteiger partial charge in [-0.2, -0.15) is 4.31 Å². The number of hydrogen-bond donors (Lipinski definition) is 1. The van der Waals surface area contributed by atoms with Crippen LogP contribution in [0.15, 0.2) is 42.8 Å². The SMILES string of the molecule is C=C/C(=C\C(F)=C/C)c1cc2c3c(c1)CN[S+]([O-])N3CC2. The number of allylic oxidation sites excluding steroid dienone is 5. The van der Waals surface area contributed by atoms with Crippen molar-refractivity contribution in [1.82, 2.24) is 4.72 Å². The van der Waals surface area contributed by atoms with Crippen LogP contribution in [0.5, 0.6) is 0 Å². The molecule has 2 aliphatic rings. The van der Waals surface area contributed by atoms with Crippen molar-refractivity contribution in [2.75, 3.05) is 10.8 Å². The lowest BCUT2D eigenvalue weighted by Crippen LogP contribution is -2.43. The molecule has 1 aromatic rings. The first-order valence-electron chi connectivity index (χ1n) is 6.89. The van der Waals surface area contributed by atoms with E-state index in [1.165, 1.54) is 17.7 Å². The molecule has 3 nitrogen and oxygen atoms in total. The van der Waals surface area contributed by atoms with Crippen molar-refractivity contribution >= 4 is 22.8 Å². The van der Waals surface area contributed by atoms with Gasteiger partial charge in [-0.1, -0.05) is 18.7 Å². The summed E-state index contributed by atoms with van der Waals surface area (Å²) in [7, 11) is 0. The largest absolute Gasteiger partial charge is 0.573 e. The van der Waals surface area contributed by atoms with Crippen LogP contribution < -0.4 is 9.03 Å². The van der Waals surface area contributed by atoms with E-state index in [0.29, 0.717) is 6.54 Å². The summed E-state index contributed by atoms with van der Waals surface area (Å²) in [6.45, 7) is 6.76. The summed E-state index contributed by atoms with van der Waals surface area (Å²) in [6, 6.07) is 4.08. The van der Waals surface area contributed by atoms with Gasteiger partial charge < -0.3 is 4.55 Å². The molecule has 0 amide bonds. The molecule has 5 heteroatoms. The molecule has 110 valence electrons. The quantitative estimate of drug-likeness (QED) is 0.688. The average Bonchev–Trinajstić information content (AvgIpc) is 2.93. The van der Waals surface area contributed by atoms with Crippen molar-refractivity contribution < 1.29 is 8.94 Å². The zero-order valence-electron chi connectivity index (χ0n) is 11.9. The maximum atomic E-state index is 13.5. The van der Waals surface area contributed by atoms with Gasteiger partial charge in [0.2, 0.25) is 0 Å². The number of anilines is 1. The van der Waals surface area contributed by atoms with E-state index < -0.39 is 11.5 Å². The standard InChI is InChI=1S/C16H17FN2OS/c1-3-11(9-15(17)4-2)13-7-12-5-6-19-16(12)14(8-13)10-18-21(19)20/h3-4,7-9,18H,1,5-6,10H2,2H3/b11-9+,15-4+. The molecule has 0 fully saturated rings. The summed E-state index contributed by atoms with van der Waals surface area (Å²) in [5, 5.41) is 0. The van der Waals surface area contributed by atoms with Gasteiger partial charge >= 0.3 is 0 Å². The number of benzene rings is 1. The smallest absolute Gasteiger partial charge is 0.166 e. The average molecular weight is 304 g/mol. The van der Waals surface area contributed by atoms with Gasteiger partial charge in [0.15, 0.2) is 11.5 Å². The minimum atomic E-state index is -1.14. The first kappa shape index (κ1) is 14.4. The molecule has 1 unspecified atom stereocenters. The van der Waals surface area contributed by atoms with E-state index in [-0.39, 0.29) is 5.83 Å². The van der Waals surface area contributed by atoms with Gasteiger partial charge in [-0.15, -0.1) is 4.72 Å². The Morgan fingerprint density at radius 2 is 2.24 bits per heavy atom. The molecular weight excluding hydrogens is 287 g/mol. The molecule has 0 aromatic heterocycles. The fraction of sp³-hybridized carbons (Fsp3) is 0.250. The summed E-state index contributed by atoms with van der Waals surface area (Å²) >= 11 is -1.14. The molecule has 2 aliphatic heterocycles. The van der Waals surface area contributed by atoms with Crippen LogP contribution in [0.3, 0.4) is 0 Å². The van der Waals surface area contributed by atoms with E-state index in [2.05, 4.69) is 17.4 Å². The molecule has 0 bridgehead atoms. The molecule has 0 aliphatic carbocycles. The zero-order valence-corrected chi connectivity index (χ0v) is 12.7. The van der Waals surface area contributed by atoms with E-state index in [0.717, 1.165) is 35.4 Å². The highest BCUT2D eigenvalue weighted by Gasteiger charge is 2.35. The van der Waals surface area contributed by atoms with Gasteiger partial charge in [0.1, 0.15) is 5.83 Å². The van der Waals surface area contributed by atoms with E-state index in [9.17, 15) is 8.94 Å². The minimum absolute atomic E-state index is 0.278. The maximum Gasteiger partial charge on any atom is 0.166 e. The van der Waals surface area contributed by atoms with Gasteiger partial charge in [-0.25, -0.2) is 4.39 Å². The van der Waals surface area contributed by atoms with Crippen molar-refractivity contribution in [1.29, 1.82) is 0 Å². The second-order valence-corrected chi connectivity index (χ2v) is 6.27. The van der Waals surface area contributed by atoms with Crippen LogP contribution in [0, 0.1) is 0 Å². The Labute approximate surface area is 127 Å².